The maximum atomic E-state index is 14.0. The lowest BCUT2D eigenvalue weighted by molar-refractivity contribution is 0.378. The molecule has 0 saturated heterocycles. The second kappa shape index (κ2) is 3.19. The molecular formula is C13H15F2NO. The van der Waals surface area contributed by atoms with Gasteiger partial charge in [0.05, 0.1) is 7.11 Å². The van der Waals surface area contributed by atoms with Gasteiger partial charge in [0.25, 0.3) is 0 Å². The second-order valence-corrected chi connectivity index (χ2v) is 5.20. The number of rotatable bonds is 3. The van der Waals surface area contributed by atoms with E-state index in [-0.39, 0.29) is 16.7 Å². The smallest absolute Gasteiger partial charge is 0.133 e. The molecule has 0 aliphatic heterocycles. The van der Waals surface area contributed by atoms with Gasteiger partial charge in [0.15, 0.2) is 0 Å². The number of hydrogen-bond acceptors (Lipinski definition) is 2. The largest absolute Gasteiger partial charge is 0.496 e. The molecule has 0 amide bonds. The highest BCUT2D eigenvalue weighted by atomic mass is 19.1. The summed E-state index contributed by atoms with van der Waals surface area (Å²) in [5.41, 5.74) is 6.08. The lowest BCUT2D eigenvalue weighted by atomic mass is 9.85. The maximum Gasteiger partial charge on any atom is 0.133 e. The van der Waals surface area contributed by atoms with Crippen molar-refractivity contribution in [3.63, 3.8) is 0 Å². The molecule has 3 rings (SSSR count). The van der Waals surface area contributed by atoms with Crippen molar-refractivity contribution in [2.24, 2.45) is 5.73 Å². The molecule has 0 radical (unpaired) electrons. The lowest BCUT2D eigenvalue weighted by Gasteiger charge is -2.25. The van der Waals surface area contributed by atoms with Gasteiger partial charge in [0.2, 0.25) is 0 Å². The predicted octanol–water partition coefficient (Wildman–Crippen LogP) is 2.50. The molecule has 17 heavy (non-hydrogen) atoms. The van der Waals surface area contributed by atoms with E-state index in [2.05, 4.69) is 0 Å². The first-order chi connectivity index (χ1) is 8.02. The normalized spacial score (nSPS) is 23.3. The number of benzene rings is 1. The van der Waals surface area contributed by atoms with E-state index >= 15 is 0 Å². The van der Waals surface area contributed by atoms with Crippen LogP contribution in [0.25, 0.3) is 0 Å². The molecule has 2 aliphatic carbocycles. The molecule has 2 saturated carbocycles. The van der Waals surface area contributed by atoms with Crippen molar-refractivity contribution in [1.82, 2.24) is 0 Å². The zero-order valence-corrected chi connectivity index (χ0v) is 9.72. The van der Waals surface area contributed by atoms with Crippen molar-refractivity contribution in [2.45, 2.75) is 36.6 Å². The Morgan fingerprint density at radius 3 is 2.29 bits per heavy atom. The summed E-state index contributed by atoms with van der Waals surface area (Å²) < 4.78 is 32.3. The van der Waals surface area contributed by atoms with Gasteiger partial charge in [-0.15, -0.1) is 0 Å². The summed E-state index contributed by atoms with van der Waals surface area (Å²) in [4.78, 5) is 0. The van der Waals surface area contributed by atoms with E-state index in [1.807, 2.05) is 0 Å². The Bertz CT molecular complexity index is 479. The van der Waals surface area contributed by atoms with E-state index in [4.69, 9.17) is 10.5 Å². The summed E-state index contributed by atoms with van der Waals surface area (Å²) in [6.07, 6.45) is 3.55. The third-order valence-corrected chi connectivity index (χ3v) is 4.21. The summed E-state index contributed by atoms with van der Waals surface area (Å²) in [5, 5.41) is 0. The Labute approximate surface area is 98.8 Å². The molecule has 0 unspecified atom stereocenters. The Morgan fingerprint density at radius 1 is 1.18 bits per heavy atom. The summed E-state index contributed by atoms with van der Waals surface area (Å²) in [6, 6.07) is 2.16. The van der Waals surface area contributed by atoms with Crippen LogP contribution in [-0.4, -0.2) is 12.6 Å². The van der Waals surface area contributed by atoms with Gasteiger partial charge >= 0.3 is 0 Å². The molecule has 2 nitrogen and oxygen atoms in total. The average Bonchev–Trinajstić information content (AvgIpc) is 3.13. The van der Waals surface area contributed by atoms with Crippen molar-refractivity contribution in [3.05, 3.63) is 29.3 Å². The quantitative estimate of drug-likeness (QED) is 0.879. The van der Waals surface area contributed by atoms with Crippen LogP contribution in [0.15, 0.2) is 12.1 Å². The van der Waals surface area contributed by atoms with Crippen LogP contribution < -0.4 is 10.5 Å². The fourth-order valence-electron chi connectivity index (χ4n) is 2.91. The van der Waals surface area contributed by atoms with Crippen LogP contribution in [0.4, 0.5) is 8.78 Å². The molecule has 2 fully saturated rings. The molecule has 0 spiro atoms. The van der Waals surface area contributed by atoms with Crippen molar-refractivity contribution >= 4 is 0 Å². The minimum Gasteiger partial charge on any atom is -0.496 e. The summed E-state index contributed by atoms with van der Waals surface area (Å²) >= 11 is 0. The third-order valence-electron chi connectivity index (χ3n) is 4.21. The SMILES string of the molecule is COc1cc(F)cc(F)c1C1(C2(N)CC2)CC1. The predicted molar refractivity (Wildman–Crippen MR) is 60.0 cm³/mol. The summed E-state index contributed by atoms with van der Waals surface area (Å²) in [6.45, 7) is 0. The van der Waals surface area contributed by atoms with E-state index < -0.39 is 11.6 Å². The van der Waals surface area contributed by atoms with E-state index in [1.165, 1.54) is 13.2 Å². The van der Waals surface area contributed by atoms with E-state index in [0.29, 0.717) is 5.56 Å². The first-order valence-electron chi connectivity index (χ1n) is 5.85. The zero-order chi connectivity index (χ0) is 12.3. The van der Waals surface area contributed by atoms with E-state index in [9.17, 15) is 8.78 Å². The topological polar surface area (TPSA) is 35.2 Å². The van der Waals surface area contributed by atoms with Gasteiger partial charge in [-0.1, -0.05) is 0 Å². The first-order valence-corrected chi connectivity index (χ1v) is 5.85. The van der Waals surface area contributed by atoms with Gasteiger partial charge in [0.1, 0.15) is 17.4 Å². The van der Waals surface area contributed by atoms with Crippen molar-refractivity contribution < 1.29 is 13.5 Å². The molecule has 0 aromatic heterocycles. The minimum atomic E-state index is -0.610. The Kier molecular flexibility index (Phi) is 2.06. The van der Waals surface area contributed by atoms with Gasteiger partial charge in [-0.3, -0.25) is 0 Å². The molecule has 0 bridgehead atoms. The Morgan fingerprint density at radius 2 is 1.82 bits per heavy atom. The number of nitrogens with two attached hydrogens (primary N) is 1. The van der Waals surface area contributed by atoms with Crippen LogP contribution in [0.5, 0.6) is 5.75 Å². The monoisotopic (exact) mass is 239 g/mol. The third kappa shape index (κ3) is 1.40. The standard InChI is InChI=1S/C13H15F2NO/c1-17-10-7-8(14)6-9(15)11(10)12(2-3-12)13(16)4-5-13/h6-7H,2-5,16H2,1H3. The molecule has 4 heteroatoms. The van der Waals surface area contributed by atoms with E-state index in [1.54, 1.807) is 0 Å². The molecule has 0 atom stereocenters. The summed E-state index contributed by atoms with van der Waals surface area (Å²) in [7, 11) is 1.43. The Hall–Kier alpha value is -1.16. The Balaban J connectivity index is 2.14. The molecule has 1 aromatic carbocycles. The zero-order valence-electron chi connectivity index (χ0n) is 9.72. The summed E-state index contributed by atoms with van der Waals surface area (Å²) in [5.74, 6) is -0.853. The highest BCUT2D eigenvalue weighted by molar-refractivity contribution is 5.49. The van der Waals surface area contributed by atoms with Gasteiger partial charge in [-0.25, -0.2) is 8.78 Å². The van der Waals surface area contributed by atoms with Crippen LogP contribution in [0.2, 0.25) is 0 Å². The maximum absolute atomic E-state index is 14.0. The van der Waals surface area contributed by atoms with Gasteiger partial charge < -0.3 is 10.5 Å². The fraction of sp³-hybridized carbons (Fsp3) is 0.538. The van der Waals surface area contributed by atoms with Crippen LogP contribution >= 0.6 is 0 Å². The lowest BCUT2D eigenvalue weighted by Crippen LogP contribution is -2.38. The van der Waals surface area contributed by atoms with Crippen LogP contribution in [-0.2, 0) is 5.41 Å². The molecule has 1 aromatic rings. The second-order valence-electron chi connectivity index (χ2n) is 5.20. The van der Waals surface area contributed by atoms with Gasteiger partial charge in [-0.2, -0.15) is 0 Å². The molecule has 2 aliphatic rings. The molecule has 92 valence electrons. The van der Waals surface area contributed by atoms with Crippen molar-refractivity contribution in [3.8, 4) is 5.75 Å². The highest BCUT2D eigenvalue weighted by Gasteiger charge is 2.65. The average molecular weight is 239 g/mol. The highest BCUT2D eigenvalue weighted by Crippen LogP contribution is 2.65. The van der Waals surface area contributed by atoms with Gasteiger partial charge in [-0.05, 0) is 25.7 Å². The van der Waals surface area contributed by atoms with Gasteiger partial charge in [0, 0.05) is 28.7 Å². The van der Waals surface area contributed by atoms with Crippen LogP contribution in [0, 0.1) is 11.6 Å². The first kappa shape index (κ1) is 11.0. The molecule has 2 N–H and O–H groups in total. The minimum absolute atomic E-state index is 0.289. The van der Waals surface area contributed by atoms with Crippen molar-refractivity contribution in [1.29, 1.82) is 0 Å². The van der Waals surface area contributed by atoms with Crippen LogP contribution in [0.3, 0.4) is 0 Å². The number of halogens is 2. The van der Waals surface area contributed by atoms with E-state index in [0.717, 1.165) is 31.7 Å². The fourth-order valence-corrected chi connectivity index (χ4v) is 2.91. The molecular weight excluding hydrogens is 224 g/mol. The van der Waals surface area contributed by atoms with Crippen molar-refractivity contribution in [2.75, 3.05) is 7.11 Å². The molecule has 0 heterocycles. The number of methoxy groups -OCH3 is 1. The number of ether oxygens (including phenoxy) is 1. The van der Waals surface area contributed by atoms with Crippen LogP contribution in [0.1, 0.15) is 31.2 Å². The number of hydrogen-bond donors (Lipinski definition) is 1.